The highest BCUT2D eigenvalue weighted by Gasteiger charge is 2.15. The lowest BCUT2D eigenvalue weighted by Gasteiger charge is -2.15. The van der Waals surface area contributed by atoms with Crippen molar-refractivity contribution in [2.75, 3.05) is 20.1 Å². The third-order valence-corrected chi connectivity index (χ3v) is 1.95. The first-order valence-electron chi connectivity index (χ1n) is 4.02. The maximum atomic E-state index is 5.64. The van der Waals surface area contributed by atoms with Crippen LogP contribution in [0.1, 0.15) is 20.3 Å². The fourth-order valence-electron chi connectivity index (χ4n) is 1.44. The van der Waals surface area contributed by atoms with Crippen molar-refractivity contribution in [3.63, 3.8) is 0 Å². The summed E-state index contributed by atoms with van der Waals surface area (Å²) in [5.41, 5.74) is 0. The molecule has 2 nitrogen and oxygen atoms in total. The predicted octanol–water partition coefficient (Wildman–Crippen LogP) is 1.12. The van der Waals surface area contributed by atoms with E-state index < -0.39 is 0 Å². The molecule has 0 amide bonds. The van der Waals surface area contributed by atoms with Crippen LogP contribution in [-0.4, -0.2) is 37.2 Å². The van der Waals surface area contributed by atoms with E-state index in [1.807, 2.05) is 0 Å². The second kappa shape index (κ2) is 3.35. The van der Waals surface area contributed by atoms with Crippen LogP contribution in [0.5, 0.6) is 0 Å². The maximum Gasteiger partial charge on any atom is 0.0677 e. The fraction of sp³-hybridized carbons (Fsp3) is 1.00. The summed E-state index contributed by atoms with van der Waals surface area (Å²) >= 11 is 0. The molecule has 0 radical (unpaired) electrons. The molecule has 60 valence electrons. The zero-order valence-electron chi connectivity index (χ0n) is 7.13. The highest BCUT2D eigenvalue weighted by atomic mass is 16.5. The normalized spacial score (nSPS) is 37.5. The molecule has 2 atom stereocenters. The average Bonchev–Trinajstić information content (AvgIpc) is 1.93. The van der Waals surface area contributed by atoms with E-state index in [4.69, 9.17) is 4.74 Å². The van der Waals surface area contributed by atoms with E-state index in [0.29, 0.717) is 12.2 Å². The summed E-state index contributed by atoms with van der Waals surface area (Å²) < 4.78 is 5.64. The maximum absolute atomic E-state index is 5.64. The van der Waals surface area contributed by atoms with Gasteiger partial charge in [0.15, 0.2) is 0 Å². The van der Waals surface area contributed by atoms with Crippen molar-refractivity contribution >= 4 is 0 Å². The molecule has 0 aliphatic carbocycles. The smallest absolute Gasteiger partial charge is 0.0677 e. The van der Waals surface area contributed by atoms with E-state index in [1.54, 1.807) is 0 Å². The van der Waals surface area contributed by atoms with E-state index >= 15 is 0 Å². The minimum absolute atomic E-state index is 0.405. The zero-order chi connectivity index (χ0) is 7.56. The van der Waals surface area contributed by atoms with Gasteiger partial charge in [-0.1, -0.05) is 0 Å². The molecule has 0 saturated carbocycles. The van der Waals surface area contributed by atoms with Crippen molar-refractivity contribution in [3.05, 3.63) is 0 Å². The Bertz CT molecular complexity index is 93.4. The Labute approximate surface area is 63.2 Å². The van der Waals surface area contributed by atoms with Gasteiger partial charge in [-0.15, -0.1) is 0 Å². The molecular weight excluding hydrogens is 126 g/mol. The largest absolute Gasteiger partial charge is 0.374 e. The second-order valence-electron chi connectivity index (χ2n) is 3.31. The fourth-order valence-corrected chi connectivity index (χ4v) is 1.44. The molecule has 0 aromatic rings. The molecule has 2 heteroatoms. The van der Waals surface area contributed by atoms with Crippen LogP contribution in [0.4, 0.5) is 0 Å². The van der Waals surface area contributed by atoms with Crippen LogP contribution in [0.15, 0.2) is 0 Å². The molecule has 0 aromatic heterocycles. The Hall–Kier alpha value is -0.0800. The van der Waals surface area contributed by atoms with Crippen molar-refractivity contribution in [1.29, 1.82) is 0 Å². The highest BCUT2D eigenvalue weighted by Crippen LogP contribution is 2.08. The molecule has 1 fully saturated rings. The van der Waals surface area contributed by atoms with E-state index in [2.05, 4.69) is 25.8 Å². The first-order chi connectivity index (χ1) is 4.68. The number of hydrogen-bond donors (Lipinski definition) is 0. The standard InChI is InChI=1S/C8H17NO/c1-7-4-5-9(3)6-8(2)10-7/h7-8H,4-6H2,1-3H3/t7-,8-/m0/s1. The van der Waals surface area contributed by atoms with Crippen LogP contribution in [0, 0.1) is 0 Å². The van der Waals surface area contributed by atoms with Gasteiger partial charge in [0.25, 0.3) is 0 Å². The Balaban J connectivity index is 2.38. The van der Waals surface area contributed by atoms with Gasteiger partial charge >= 0.3 is 0 Å². The number of ether oxygens (including phenoxy) is 1. The summed E-state index contributed by atoms with van der Waals surface area (Å²) in [5, 5.41) is 0. The van der Waals surface area contributed by atoms with Gasteiger partial charge in [0.2, 0.25) is 0 Å². The van der Waals surface area contributed by atoms with Crippen LogP contribution in [0.3, 0.4) is 0 Å². The number of nitrogens with zero attached hydrogens (tertiary/aromatic N) is 1. The first kappa shape index (κ1) is 8.02. The van der Waals surface area contributed by atoms with Crippen molar-refractivity contribution < 1.29 is 4.74 Å². The van der Waals surface area contributed by atoms with Gasteiger partial charge in [0.05, 0.1) is 12.2 Å². The summed E-state index contributed by atoms with van der Waals surface area (Å²) in [7, 11) is 2.15. The van der Waals surface area contributed by atoms with Crippen molar-refractivity contribution in [2.24, 2.45) is 0 Å². The summed E-state index contributed by atoms with van der Waals surface area (Å²) in [5.74, 6) is 0. The molecule has 10 heavy (non-hydrogen) atoms. The summed E-state index contributed by atoms with van der Waals surface area (Å²) in [6.45, 7) is 6.53. The molecule has 0 aromatic carbocycles. The van der Waals surface area contributed by atoms with Crippen LogP contribution in [0.2, 0.25) is 0 Å². The predicted molar refractivity (Wildman–Crippen MR) is 42.1 cm³/mol. The Morgan fingerprint density at radius 2 is 2.00 bits per heavy atom. The quantitative estimate of drug-likeness (QED) is 0.504. The molecule has 1 heterocycles. The number of rotatable bonds is 0. The van der Waals surface area contributed by atoms with Crippen molar-refractivity contribution in [2.45, 2.75) is 32.5 Å². The van der Waals surface area contributed by atoms with Crippen LogP contribution < -0.4 is 0 Å². The molecule has 0 unspecified atom stereocenters. The Morgan fingerprint density at radius 1 is 1.30 bits per heavy atom. The lowest BCUT2D eigenvalue weighted by molar-refractivity contribution is 0.0155. The van der Waals surface area contributed by atoms with E-state index in [0.717, 1.165) is 6.54 Å². The number of likely N-dealkylation sites (N-methyl/N-ethyl adjacent to an activating group) is 1. The minimum Gasteiger partial charge on any atom is -0.374 e. The molecule has 1 aliphatic heterocycles. The molecule has 0 N–H and O–H groups in total. The summed E-state index contributed by atoms with van der Waals surface area (Å²) in [6, 6.07) is 0. The average molecular weight is 143 g/mol. The van der Waals surface area contributed by atoms with Gasteiger partial charge in [-0.25, -0.2) is 0 Å². The summed E-state index contributed by atoms with van der Waals surface area (Å²) in [4.78, 5) is 2.33. The third-order valence-electron chi connectivity index (χ3n) is 1.95. The molecule has 1 aliphatic rings. The van der Waals surface area contributed by atoms with Gasteiger partial charge in [-0.3, -0.25) is 0 Å². The molecular formula is C8H17NO. The van der Waals surface area contributed by atoms with Crippen LogP contribution in [0.25, 0.3) is 0 Å². The number of hydrogen-bond acceptors (Lipinski definition) is 2. The Morgan fingerprint density at radius 3 is 2.70 bits per heavy atom. The SMILES string of the molecule is C[C@H]1CCN(C)C[C@H](C)O1. The second-order valence-corrected chi connectivity index (χ2v) is 3.31. The monoisotopic (exact) mass is 143 g/mol. The summed E-state index contributed by atoms with van der Waals surface area (Å²) in [6.07, 6.45) is 2.02. The highest BCUT2D eigenvalue weighted by molar-refractivity contribution is 4.66. The van der Waals surface area contributed by atoms with Crippen molar-refractivity contribution in [3.8, 4) is 0 Å². The molecule has 1 rings (SSSR count). The van der Waals surface area contributed by atoms with Gasteiger partial charge in [0, 0.05) is 13.1 Å². The van der Waals surface area contributed by atoms with E-state index in [1.165, 1.54) is 13.0 Å². The lowest BCUT2D eigenvalue weighted by atomic mass is 10.3. The topological polar surface area (TPSA) is 12.5 Å². The van der Waals surface area contributed by atoms with E-state index in [-0.39, 0.29) is 0 Å². The van der Waals surface area contributed by atoms with Gasteiger partial charge < -0.3 is 9.64 Å². The van der Waals surface area contributed by atoms with E-state index in [9.17, 15) is 0 Å². The van der Waals surface area contributed by atoms with Crippen LogP contribution >= 0.6 is 0 Å². The van der Waals surface area contributed by atoms with Gasteiger partial charge in [0.1, 0.15) is 0 Å². The minimum atomic E-state index is 0.405. The van der Waals surface area contributed by atoms with Crippen LogP contribution in [-0.2, 0) is 4.74 Å². The zero-order valence-corrected chi connectivity index (χ0v) is 7.13. The first-order valence-corrected chi connectivity index (χ1v) is 4.02. The lowest BCUT2D eigenvalue weighted by Crippen LogP contribution is -2.26. The van der Waals surface area contributed by atoms with Gasteiger partial charge in [-0.05, 0) is 27.3 Å². The van der Waals surface area contributed by atoms with Crippen molar-refractivity contribution in [1.82, 2.24) is 4.90 Å². The van der Waals surface area contributed by atoms with Gasteiger partial charge in [-0.2, -0.15) is 0 Å². The molecule has 0 bridgehead atoms. The molecule has 0 spiro atoms. The molecule has 1 saturated heterocycles. The Kier molecular flexibility index (Phi) is 2.69. The third kappa shape index (κ3) is 2.27.